The summed E-state index contributed by atoms with van der Waals surface area (Å²) >= 11 is 1.67. The Labute approximate surface area is 238 Å². The van der Waals surface area contributed by atoms with Gasteiger partial charge in [-0.05, 0) is 47.5 Å². The van der Waals surface area contributed by atoms with Gasteiger partial charge in [0.2, 0.25) is 0 Å². The minimum Gasteiger partial charge on any atom is -0.354 e. The molecule has 0 fully saturated rings. The van der Waals surface area contributed by atoms with Crippen molar-refractivity contribution in [2.24, 2.45) is 0 Å². The normalized spacial score (nSPS) is 12.0. The Kier molecular flexibility index (Phi) is 4.63. The number of fused-ring (bicyclic) bond motifs is 8. The molecular formula is C37H22N2OS. The molecule has 3 nitrogen and oxygen atoms in total. The number of aromatic nitrogens is 2. The molecule has 0 amide bonds. The van der Waals surface area contributed by atoms with Crippen LogP contribution in [0, 0.1) is 0 Å². The Morgan fingerprint density at radius 1 is 0.439 bits per heavy atom. The molecular weight excluding hydrogens is 520 g/mol. The van der Waals surface area contributed by atoms with Crippen LogP contribution in [0.3, 0.4) is 0 Å². The zero-order chi connectivity index (χ0) is 27.1. The quantitative estimate of drug-likeness (QED) is 0.210. The number of hydrogen-bond donors (Lipinski definition) is 2. The maximum atomic E-state index is 14.1. The van der Waals surface area contributed by atoms with Gasteiger partial charge >= 0.3 is 0 Å². The predicted molar refractivity (Wildman–Crippen MR) is 175 cm³/mol. The molecule has 0 aliphatic rings. The van der Waals surface area contributed by atoms with Crippen molar-refractivity contribution in [2.75, 3.05) is 0 Å². The van der Waals surface area contributed by atoms with Gasteiger partial charge in [-0.3, -0.25) is 4.79 Å². The van der Waals surface area contributed by atoms with Crippen LogP contribution in [0.2, 0.25) is 0 Å². The monoisotopic (exact) mass is 542 g/mol. The fourth-order valence-electron chi connectivity index (χ4n) is 6.42. The van der Waals surface area contributed by atoms with Crippen molar-refractivity contribution < 1.29 is 0 Å². The molecule has 0 aliphatic heterocycles. The molecule has 0 unspecified atom stereocenters. The van der Waals surface area contributed by atoms with Gasteiger partial charge < -0.3 is 9.97 Å². The molecule has 0 bridgehead atoms. The Morgan fingerprint density at radius 3 is 1.41 bits per heavy atom. The third-order valence-electron chi connectivity index (χ3n) is 8.37. The van der Waals surface area contributed by atoms with Gasteiger partial charge in [-0.2, -0.15) is 0 Å². The first-order chi connectivity index (χ1) is 20.2. The topological polar surface area (TPSA) is 48.6 Å². The van der Waals surface area contributed by atoms with Crippen LogP contribution in [0.4, 0.5) is 0 Å². The lowest BCUT2D eigenvalue weighted by molar-refractivity contribution is 1.54. The number of rotatable bonds is 2. The molecule has 0 radical (unpaired) electrons. The second-order valence-electron chi connectivity index (χ2n) is 10.7. The largest absolute Gasteiger partial charge is 0.354 e. The van der Waals surface area contributed by atoms with Gasteiger partial charge in [-0.25, -0.2) is 0 Å². The molecule has 9 aromatic rings. The summed E-state index contributed by atoms with van der Waals surface area (Å²) in [6, 6.07) is 42.1. The van der Waals surface area contributed by atoms with E-state index in [0.29, 0.717) is 0 Å². The lowest BCUT2D eigenvalue weighted by Gasteiger charge is -2.08. The minimum atomic E-state index is 0.0742. The minimum absolute atomic E-state index is 0.0742. The summed E-state index contributed by atoms with van der Waals surface area (Å²) in [5.74, 6) is 0. The van der Waals surface area contributed by atoms with Gasteiger partial charge in [0.25, 0.3) is 0 Å². The highest BCUT2D eigenvalue weighted by atomic mass is 32.1. The fourth-order valence-corrected chi connectivity index (χ4v) is 7.45. The van der Waals surface area contributed by atoms with Gasteiger partial charge in [0.1, 0.15) is 0 Å². The van der Waals surface area contributed by atoms with Crippen molar-refractivity contribution in [1.82, 2.24) is 9.97 Å². The average molecular weight is 543 g/mol. The third kappa shape index (κ3) is 3.28. The molecule has 3 aromatic heterocycles. The summed E-state index contributed by atoms with van der Waals surface area (Å²) in [5, 5.41) is 6.32. The second-order valence-corrected chi connectivity index (χ2v) is 11.7. The number of para-hydroxylation sites is 4. The van der Waals surface area contributed by atoms with E-state index in [9.17, 15) is 4.79 Å². The molecule has 4 heteroatoms. The highest BCUT2D eigenvalue weighted by molar-refractivity contribution is 7.24. The van der Waals surface area contributed by atoms with E-state index in [1.165, 1.54) is 21.5 Å². The summed E-state index contributed by atoms with van der Waals surface area (Å²) in [4.78, 5) is 21.3. The number of H-pyrrole nitrogens is 2. The van der Waals surface area contributed by atoms with Crippen molar-refractivity contribution in [1.29, 1.82) is 0 Å². The molecule has 3 heterocycles. The fraction of sp³-hybridized carbons (Fsp3) is 0. The van der Waals surface area contributed by atoms with E-state index in [1.54, 1.807) is 11.3 Å². The first kappa shape index (κ1) is 22.6. The van der Waals surface area contributed by atoms with Gasteiger partial charge in [0.15, 0.2) is 5.43 Å². The number of nitrogens with one attached hydrogen (secondary N) is 2. The van der Waals surface area contributed by atoms with E-state index < -0.39 is 0 Å². The average Bonchev–Trinajstić information content (AvgIpc) is 3.60. The molecule has 0 saturated carbocycles. The molecule has 0 atom stereocenters. The van der Waals surface area contributed by atoms with Crippen molar-refractivity contribution in [3.8, 4) is 22.3 Å². The summed E-state index contributed by atoms with van der Waals surface area (Å²) in [6.45, 7) is 0. The van der Waals surface area contributed by atoms with E-state index in [4.69, 9.17) is 0 Å². The van der Waals surface area contributed by atoms with Crippen molar-refractivity contribution in [3.05, 3.63) is 132 Å². The molecule has 9 rings (SSSR count). The van der Waals surface area contributed by atoms with Crippen LogP contribution < -0.4 is 5.43 Å². The van der Waals surface area contributed by atoms with Crippen LogP contribution in [0.25, 0.3) is 86.0 Å². The lowest BCUT2D eigenvalue weighted by atomic mass is 9.99. The Bertz CT molecular complexity index is 2390. The Morgan fingerprint density at radius 2 is 0.902 bits per heavy atom. The number of benzene rings is 6. The Hall–Kier alpha value is -5.19. The Balaban J connectivity index is 1.25. The van der Waals surface area contributed by atoms with E-state index in [2.05, 4.69) is 131 Å². The SMILES string of the molecule is O=c1c2cc(-c3cccc4c3[nH]c3ccccc34)ccc2sc2ccc(-c3cccc4c3[nH]c3ccccc34)cc12. The van der Waals surface area contributed by atoms with Gasteiger partial charge in [-0.1, -0.05) is 84.9 Å². The van der Waals surface area contributed by atoms with Crippen LogP contribution in [0.1, 0.15) is 0 Å². The zero-order valence-corrected chi connectivity index (χ0v) is 22.7. The van der Waals surface area contributed by atoms with Crippen molar-refractivity contribution in [3.63, 3.8) is 0 Å². The summed E-state index contributed by atoms with van der Waals surface area (Å²) in [7, 11) is 0. The number of aromatic amines is 2. The number of hydrogen-bond acceptors (Lipinski definition) is 2. The van der Waals surface area contributed by atoms with Gasteiger partial charge in [0.05, 0.1) is 11.0 Å². The molecule has 0 saturated heterocycles. The summed E-state index contributed by atoms with van der Waals surface area (Å²) < 4.78 is 2.00. The molecule has 192 valence electrons. The van der Waals surface area contributed by atoms with Gasteiger partial charge in [0, 0.05) is 63.9 Å². The first-order valence-electron chi connectivity index (χ1n) is 13.7. The summed E-state index contributed by atoms with van der Waals surface area (Å²) in [5.41, 5.74) is 8.78. The predicted octanol–water partition coefficient (Wildman–Crippen LogP) is 10.0. The smallest absolute Gasteiger partial charge is 0.195 e. The van der Waals surface area contributed by atoms with Crippen molar-refractivity contribution >= 4 is 75.1 Å². The second kappa shape index (κ2) is 8.40. The molecule has 0 aliphatic carbocycles. The van der Waals surface area contributed by atoms with Crippen LogP contribution >= 0.6 is 11.3 Å². The van der Waals surface area contributed by atoms with Crippen LogP contribution in [0.15, 0.2) is 126 Å². The van der Waals surface area contributed by atoms with E-state index >= 15 is 0 Å². The first-order valence-corrected chi connectivity index (χ1v) is 14.5. The van der Waals surface area contributed by atoms with Gasteiger partial charge in [-0.15, -0.1) is 11.3 Å². The van der Waals surface area contributed by atoms with E-state index in [1.807, 2.05) is 0 Å². The van der Waals surface area contributed by atoms with Crippen LogP contribution in [-0.2, 0) is 0 Å². The zero-order valence-electron chi connectivity index (χ0n) is 21.9. The maximum absolute atomic E-state index is 14.1. The van der Waals surface area contributed by atoms with E-state index in [-0.39, 0.29) is 5.43 Å². The standard InChI is InChI=1S/C37H22N2OS/c40-37-29-19-21(23-9-5-11-27-25-7-1-3-13-31(25)38-35(23)27)15-17-33(29)41-34-18-16-22(20-30(34)37)24-10-6-12-28-26-8-2-4-14-32(26)39-36(24)28/h1-20,38-39H. The van der Waals surface area contributed by atoms with Crippen molar-refractivity contribution in [2.45, 2.75) is 0 Å². The molecule has 2 N–H and O–H groups in total. The van der Waals surface area contributed by atoms with Crippen LogP contribution in [0.5, 0.6) is 0 Å². The highest BCUT2D eigenvalue weighted by Crippen LogP contribution is 2.37. The van der Waals surface area contributed by atoms with E-state index in [0.717, 1.165) is 64.5 Å². The summed E-state index contributed by atoms with van der Waals surface area (Å²) in [6.07, 6.45) is 0. The van der Waals surface area contributed by atoms with Crippen LogP contribution in [-0.4, -0.2) is 9.97 Å². The molecule has 6 aromatic carbocycles. The third-order valence-corrected chi connectivity index (χ3v) is 9.52. The highest BCUT2D eigenvalue weighted by Gasteiger charge is 2.14. The molecule has 0 spiro atoms. The molecule has 41 heavy (non-hydrogen) atoms. The maximum Gasteiger partial charge on any atom is 0.195 e. The lowest BCUT2D eigenvalue weighted by Crippen LogP contribution is -2.01.